The summed E-state index contributed by atoms with van der Waals surface area (Å²) in [7, 11) is 0. The summed E-state index contributed by atoms with van der Waals surface area (Å²) in [6.45, 7) is -0.292. The van der Waals surface area contributed by atoms with Crippen molar-refractivity contribution in [2.45, 2.75) is 6.61 Å². The van der Waals surface area contributed by atoms with Crippen LogP contribution in [0.5, 0.6) is 11.6 Å². The molecule has 0 fully saturated rings. The number of aromatic nitrogens is 1. The number of hydrogen-bond acceptors (Lipinski definition) is 3. The normalized spacial score (nSPS) is 10.4. The molecule has 0 aliphatic carbocycles. The molecule has 0 saturated heterocycles. The van der Waals surface area contributed by atoms with E-state index in [1.165, 1.54) is 6.20 Å². The molecule has 2 rings (SSSR count). The van der Waals surface area contributed by atoms with Crippen LogP contribution in [0, 0.1) is 11.6 Å². The monoisotopic (exact) mass is 315 g/mol. The summed E-state index contributed by atoms with van der Waals surface area (Å²) in [6, 6.07) is 4.43. The van der Waals surface area contributed by atoms with Crippen LogP contribution < -0.4 is 4.74 Å². The zero-order valence-corrected chi connectivity index (χ0v) is 10.6. The molecule has 0 saturated carbocycles. The van der Waals surface area contributed by atoms with Gasteiger partial charge in [-0.15, -0.1) is 0 Å². The predicted molar refractivity (Wildman–Crippen MR) is 64.3 cm³/mol. The molecule has 0 aliphatic rings. The Bertz CT molecular complexity index is 558. The van der Waals surface area contributed by atoms with Gasteiger partial charge in [0, 0.05) is 34.4 Å². The lowest BCUT2D eigenvalue weighted by molar-refractivity contribution is 0.275. The standard InChI is InChI=1S/C12H8BrF2NO2/c13-8-1-7(6-17)12(16-5-8)18-11-3-9(14)2-10(15)4-11/h1-5,17H,6H2. The van der Waals surface area contributed by atoms with Crippen molar-refractivity contribution in [1.82, 2.24) is 4.98 Å². The van der Waals surface area contributed by atoms with Crippen LogP contribution >= 0.6 is 15.9 Å². The van der Waals surface area contributed by atoms with Gasteiger partial charge in [-0.2, -0.15) is 0 Å². The van der Waals surface area contributed by atoms with Crippen molar-refractivity contribution in [2.75, 3.05) is 0 Å². The molecule has 1 aromatic heterocycles. The largest absolute Gasteiger partial charge is 0.438 e. The molecule has 1 N–H and O–H groups in total. The third kappa shape index (κ3) is 3.02. The fourth-order valence-corrected chi connectivity index (χ4v) is 1.75. The minimum Gasteiger partial charge on any atom is -0.438 e. The van der Waals surface area contributed by atoms with Crippen molar-refractivity contribution in [3.8, 4) is 11.6 Å². The molecule has 2 aromatic rings. The van der Waals surface area contributed by atoms with Gasteiger partial charge in [0.05, 0.1) is 6.61 Å². The smallest absolute Gasteiger partial charge is 0.224 e. The van der Waals surface area contributed by atoms with Crippen molar-refractivity contribution in [2.24, 2.45) is 0 Å². The summed E-state index contributed by atoms with van der Waals surface area (Å²) in [6.07, 6.45) is 1.46. The summed E-state index contributed by atoms with van der Waals surface area (Å²) in [4.78, 5) is 3.93. The lowest BCUT2D eigenvalue weighted by Crippen LogP contribution is -1.96. The molecular weight excluding hydrogens is 308 g/mol. The van der Waals surface area contributed by atoms with Gasteiger partial charge in [-0.1, -0.05) is 0 Å². The number of aliphatic hydroxyl groups excluding tert-OH is 1. The van der Waals surface area contributed by atoms with Gasteiger partial charge >= 0.3 is 0 Å². The Kier molecular flexibility index (Phi) is 3.88. The molecule has 18 heavy (non-hydrogen) atoms. The second kappa shape index (κ2) is 5.41. The minimum absolute atomic E-state index is 0.0166. The molecule has 0 unspecified atom stereocenters. The van der Waals surface area contributed by atoms with Crippen LogP contribution in [0.25, 0.3) is 0 Å². The molecule has 0 amide bonds. The van der Waals surface area contributed by atoms with E-state index in [9.17, 15) is 8.78 Å². The van der Waals surface area contributed by atoms with Crippen LogP contribution in [0.2, 0.25) is 0 Å². The molecule has 0 radical (unpaired) electrons. The highest BCUT2D eigenvalue weighted by Crippen LogP contribution is 2.26. The Labute approximate surface area is 110 Å². The maximum absolute atomic E-state index is 13.0. The van der Waals surface area contributed by atoms with Crippen LogP contribution in [-0.4, -0.2) is 10.1 Å². The number of rotatable bonds is 3. The number of halogens is 3. The van der Waals surface area contributed by atoms with Gasteiger partial charge in [0.2, 0.25) is 5.88 Å². The quantitative estimate of drug-likeness (QED) is 0.943. The lowest BCUT2D eigenvalue weighted by atomic mass is 10.3. The zero-order valence-electron chi connectivity index (χ0n) is 9.03. The van der Waals surface area contributed by atoms with E-state index in [4.69, 9.17) is 9.84 Å². The van der Waals surface area contributed by atoms with E-state index in [1.807, 2.05) is 0 Å². The maximum Gasteiger partial charge on any atom is 0.224 e. The van der Waals surface area contributed by atoms with Crippen LogP contribution in [-0.2, 0) is 6.61 Å². The van der Waals surface area contributed by atoms with E-state index in [2.05, 4.69) is 20.9 Å². The Morgan fingerprint density at radius 2 is 1.83 bits per heavy atom. The van der Waals surface area contributed by atoms with E-state index < -0.39 is 11.6 Å². The Balaban J connectivity index is 2.33. The number of benzene rings is 1. The Hall–Kier alpha value is -1.53. The maximum atomic E-state index is 13.0. The fraction of sp³-hybridized carbons (Fsp3) is 0.0833. The van der Waals surface area contributed by atoms with Crippen LogP contribution in [0.4, 0.5) is 8.78 Å². The second-order valence-corrected chi connectivity index (χ2v) is 4.40. The van der Waals surface area contributed by atoms with Gasteiger partial charge in [0.25, 0.3) is 0 Å². The molecule has 3 nitrogen and oxygen atoms in total. The van der Waals surface area contributed by atoms with Crippen LogP contribution in [0.1, 0.15) is 5.56 Å². The highest BCUT2D eigenvalue weighted by Gasteiger charge is 2.08. The molecule has 0 aliphatic heterocycles. The summed E-state index contributed by atoms with van der Waals surface area (Å²) in [5, 5.41) is 9.14. The van der Waals surface area contributed by atoms with Crippen molar-refractivity contribution < 1.29 is 18.6 Å². The third-order valence-corrected chi connectivity index (χ3v) is 2.55. The summed E-state index contributed by atoms with van der Waals surface area (Å²) in [5.41, 5.74) is 0.411. The number of aliphatic hydroxyl groups is 1. The summed E-state index contributed by atoms with van der Waals surface area (Å²) < 4.78 is 31.9. The number of hydrogen-bond donors (Lipinski definition) is 1. The summed E-state index contributed by atoms with van der Waals surface area (Å²) in [5.74, 6) is -1.40. The highest BCUT2D eigenvalue weighted by molar-refractivity contribution is 9.10. The van der Waals surface area contributed by atoms with Gasteiger partial charge in [0.1, 0.15) is 17.4 Å². The first-order valence-corrected chi connectivity index (χ1v) is 5.77. The van der Waals surface area contributed by atoms with E-state index in [-0.39, 0.29) is 18.2 Å². The van der Waals surface area contributed by atoms with Gasteiger partial charge in [-0.25, -0.2) is 13.8 Å². The van der Waals surface area contributed by atoms with E-state index in [0.717, 1.165) is 18.2 Å². The van der Waals surface area contributed by atoms with Crippen molar-refractivity contribution in [3.05, 3.63) is 52.1 Å². The summed E-state index contributed by atoms with van der Waals surface area (Å²) >= 11 is 3.20. The minimum atomic E-state index is -0.743. The van der Waals surface area contributed by atoms with E-state index in [1.54, 1.807) is 6.07 Å². The van der Waals surface area contributed by atoms with Gasteiger partial charge in [-0.05, 0) is 22.0 Å². The molecule has 0 atom stereocenters. The molecule has 94 valence electrons. The SMILES string of the molecule is OCc1cc(Br)cnc1Oc1cc(F)cc(F)c1. The highest BCUT2D eigenvalue weighted by atomic mass is 79.9. The van der Waals surface area contributed by atoms with Gasteiger partial charge in [-0.3, -0.25) is 0 Å². The Morgan fingerprint density at radius 1 is 1.17 bits per heavy atom. The molecular formula is C12H8BrF2NO2. The molecule has 0 spiro atoms. The molecule has 1 heterocycles. The Morgan fingerprint density at radius 3 is 2.44 bits per heavy atom. The average Bonchev–Trinajstić information content (AvgIpc) is 2.30. The first kappa shape index (κ1) is 12.9. The van der Waals surface area contributed by atoms with E-state index in [0.29, 0.717) is 10.0 Å². The third-order valence-electron chi connectivity index (χ3n) is 2.11. The number of ether oxygens (including phenoxy) is 1. The molecule has 6 heteroatoms. The fourth-order valence-electron chi connectivity index (χ4n) is 1.37. The predicted octanol–water partition coefficient (Wildman–Crippen LogP) is 3.41. The molecule has 0 bridgehead atoms. The first-order valence-electron chi connectivity index (χ1n) is 4.97. The van der Waals surface area contributed by atoms with Crippen LogP contribution in [0.15, 0.2) is 34.9 Å². The first-order chi connectivity index (χ1) is 8.58. The van der Waals surface area contributed by atoms with Crippen molar-refractivity contribution >= 4 is 15.9 Å². The van der Waals surface area contributed by atoms with E-state index >= 15 is 0 Å². The zero-order chi connectivity index (χ0) is 13.1. The second-order valence-electron chi connectivity index (χ2n) is 3.48. The van der Waals surface area contributed by atoms with Crippen molar-refractivity contribution in [3.63, 3.8) is 0 Å². The number of nitrogens with zero attached hydrogens (tertiary/aromatic N) is 1. The van der Waals surface area contributed by atoms with Crippen LogP contribution in [0.3, 0.4) is 0 Å². The number of pyridine rings is 1. The molecule has 1 aromatic carbocycles. The van der Waals surface area contributed by atoms with Gasteiger partial charge in [0.15, 0.2) is 0 Å². The van der Waals surface area contributed by atoms with Crippen molar-refractivity contribution in [1.29, 1.82) is 0 Å². The topological polar surface area (TPSA) is 42.4 Å². The van der Waals surface area contributed by atoms with Gasteiger partial charge < -0.3 is 9.84 Å². The average molecular weight is 316 g/mol. The lowest BCUT2D eigenvalue weighted by Gasteiger charge is -2.09.